The minimum atomic E-state index is -1.08. The highest BCUT2D eigenvalue weighted by molar-refractivity contribution is 5.86. The van der Waals surface area contributed by atoms with Crippen molar-refractivity contribution in [2.24, 2.45) is 23.7 Å². The molecule has 4 rings (SSSR count). The normalized spacial score (nSPS) is 31.5. The first-order valence-electron chi connectivity index (χ1n) is 8.55. The molecule has 1 aromatic heterocycles. The van der Waals surface area contributed by atoms with Crippen molar-refractivity contribution in [1.29, 1.82) is 0 Å². The van der Waals surface area contributed by atoms with Crippen LogP contribution in [0.3, 0.4) is 0 Å². The number of pyridine rings is 1. The molecule has 2 bridgehead atoms. The second-order valence-electron chi connectivity index (χ2n) is 6.88. The number of nitrogens with one attached hydrogen (secondary N) is 1. The number of carboxylic acids is 1. The number of fused-ring (bicyclic) bond motifs is 2. The lowest BCUT2D eigenvalue weighted by Crippen LogP contribution is -2.53. The predicted molar refractivity (Wildman–Crippen MR) is 84.5 cm³/mol. The smallest absolute Gasteiger partial charge is 0.274 e. The molecule has 0 aromatic carbocycles. The van der Waals surface area contributed by atoms with Gasteiger partial charge in [0.1, 0.15) is 13.1 Å². The minimum absolute atomic E-state index is 0.0160. The second-order valence-corrected chi connectivity index (χ2v) is 6.88. The number of H-pyrrole nitrogens is 1. The number of carboxylic acid groups (broad SMARTS) is 1. The van der Waals surface area contributed by atoms with Gasteiger partial charge in [0.2, 0.25) is 5.91 Å². The molecule has 0 radical (unpaired) electrons. The highest BCUT2D eigenvalue weighted by Gasteiger charge is 2.50. The molecule has 6 heteroatoms. The van der Waals surface area contributed by atoms with E-state index in [0.717, 1.165) is 25.3 Å². The van der Waals surface area contributed by atoms with Gasteiger partial charge in [-0.05, 0) is 24.3 Å². The summed E-state index contributed by atoms with van der Waals surface area (Å²) in [5.41, 5.74) is 0. The molecular formula is C18H21N3O3. The van der Waals surface area contributed by atoms with E-state index in [4.69, 9.17) is 0 Å². The molecular weight excluding hydrogens is 306 g/mol. The highest BCUT2D eigenvalue weighted by Crippen LogP contribution is 2.48. The van der Waals surface area contributed by atoms with Crippen molar-refractivity contribution in [3.05, 3.63) is 36.5 Å². The van der Waals surface area contributed by atoms with Crippen LogP contribution in [0.1, 0.15) is 6.42 Å². The van der Waals surface area contributed by atoms with Crippen molar-refractivity contribution >= 4 is 17.7 Å². The van der Waals surface area contributed by atoms with Crippen molar-refractivity contribution in [3.63, 3.8) is 0 Å². The summed E-state index contributed by atoms with van der Waals surface area (Å²) in [6.45, 7) is 2.75. The molecule has 1 saturated carbocycles. The standard InChI is InChI=1S/C18H21N3O3/c22-17(15-12-4-5-13(11-12)16(15)18(23)24)21-9-7-20(8-10-21)14-3-1-2-6-19-14/h1-6,12-13,15-16H,7-11H2,(H,23,24)/t12-,13-,15-,16+/m1/s1. The number of rotatable bonds is 3. The second kappa shape index (κ2) is 5.92. The van der Waals surface area contributed by atoms with Gasteiger partial charge < -0.3 is 14.8 Å². The zero-order valence-electron chi connectivity index (χ0n) is 13.4. The monoisotopic (exact) mass is 327 g/mol. The summed E-state index contributed by atoms with van der Waals surface area (Å²) in [5, 5.41) is 11.5. The van der Waals surface area contributed by atoms with Crippen molar-refractivity contribution in [2.75, 3.05) is 31.1 Å². The lowest BCUT2D eigenvalue weighted by Gasteiger charge is -2.36. The lowest BCUT2D eigenvalue weighted by molar-refractivity contribution is -0.364. The van der Waals surface area contributed by atoms with E-state index in [2.05, 4.69) is 9.88 Å². The summed E-state index contributed by atoms with van der Waals surface area (Å²) in [5.74, 6) is -1.13. The van der Waals surface area contributed by atoms with Crippen molar-refractivity contribution < 1.29 is 19.7 Å². The lowest BCUT2D eigenvalue weighted by atomic mass is 9.82. The summed E-state index contributed by atoms with van der Waals surface area (Å²) in [4.78, 5) is 31.7. The van der Waals surface area contributed by atoms with Gasteiger partial charge in [-0.25, -0.2) is 4.98 Å². The van der Waals surface area contributed by atoms with Crippen LogP contribution in [0, 0.1) is 23.7 Å². The van der Waals surface area contributed by atoms with Gasteiger partial charge in [-0.2, -0.15) is 0 Å². The third-order valence-corrected chi connectivity index (χ3v) is 5.64. The van der Waals surface area contributed by atoms with Crippen LogP contribution >= 0.6 is 0 Å². The van der Waals surface area contributed by atoms with Crippen LogP contribution in [0.5, 0.6) is 0 Å². The molecule has 1 amide bonds. The molecule has 1 aliphatic heterocycles. The van der Waals surface area contributed by atoms with Gasteiger partial charge in [-0.15, -0.1) is 0 Å². The number of amides is 1. The van der Waals surface area contributed by atoms with E-state index in [1.807, 2.05) is 41.4 Å². The number of anilines is 1. The fraction of sp³-hybridized carbons (Fsp3) is 0.500. The first kappa shape index (κ1) is 15.2. The van der Waals surface area contributed by atoms with Crippen molar-refractivity contribution in [3.8, 4) is 0 Å². The molecule has 24 heavy (non-hydrogen) atoms. The molecule has 1 aromatic rings. The molecule has 2 heterocycles. The molecule has 4 atom stereocenters. The van der Waals surface area contributed by atoms with Crippen LogP contribution in [-0.4, -0.2) is 43.0 Å². The molecule has 126 valence electrons. The van der Waals surface area contributed by atoms with Crippen molar-refractivity contribution in [1.82, 2.24) is 4.90 Å². The van der Waals surface area contributed by atoms with E-state index in [-0.39, 0.29) is 17.7 Å². The fourth-order valence-electron chi connectivity index (χ4n) is 4.44. The van der Waals surface area contributed by atoms with Gasteiger partial charge in [-0.1, -0.05) is 18.2 Å². The van der Waals surface area contributed by atoms with Crippen LogP contribution in [0.15, 0.2) is 36.5 Å². The number of aromatic amines is 1. The number of aromatic nitrogens is 1. The van der Waals surface area contributed by atoms with Gasteiger partial charge in [-0.3, -0.25) is 9.69 Å². The fourth-order valence-corrected chi connectivity index (χ4v) is 4.44. The van der Waals surface area contributed by atoms with E-state index < -0.39 is 17.8 Å². The number of piperazine rings is 1. The SMILES string of the molecule is O=C([O-])[C@@H]1[C@H](C(=O)N2CCN(c3cccc[nH+]3)CC2)[C@@H]2C=C[C@@H]1C2. The number of carbonyl (C=O) groups is 2. The summed E-state index contributed by atoms with van der Waals surface area (Å²) >= 11 is 0. The third kappa shape index (κ3) is 2.46. The predicted octanol–water partition coefficient (Wildman–Crippen LogP) is -0.662. The van der Waals surface area contributed by atoms with Gasteiger partial charge in [0, 0.05) is 18.0 Å². The zero-order valence-corrected chi connectivity index (χ0v) is 13.4. The number of hydrogen-bond donors (Lipinski definition) is 0. The Balaban J connectivity index is 1.43. The average Bonchev–Trinajstić information content (AvgIpc) is 3.23. The van der Waals surface area contributed by atoms with Crippen LogP contribution < -0.4 is 15.0 Å². The Labute approximate surface area is 140 Å². The molecule has 6 nitrogen and oxygen atoms in total. The maximum atomic E-state index is 12.9. The first-order valence-corrected chi connectivity index (χ1v) is 8.55. The van der Waals surface area contributed by atoms with E-state index in [1.165, 1.54) is 0 Å². The molecule has 2 fully saturated rings. The number of carbonyl (C=O) groups excluding carboxylic acids is 2. The zero-order chi connectivity index (χ0) is 16.7. The van der Waals surface area contributed by atoms with Crippen LogP contribution in [0.2, 0.25) is 0 Å². The molecule has 0 spiro atoms. The van der Waals surface area contributed by atoms with Crippen LogP contribution in [0.25, 0.3) is 0 Å². The van der Waals surface area contributed by atoms with Crippen LogP contribution in [-0.2, 0) is 9.59 Å². The third-order valence-electron chi connectivity index (χ3n) is 5.64. The van der Waals surface area contributed by atoms with Crippen LogP contribution in [0.4, 0.5) is 5.82 Å². The maximum absolute atomic E-state index is 12.9. The largest absolute Gasteiger partial charge is 0.550 e. The van der Waals surface area contributed by atoms with Gasteiger partial charge in [0.25, 0.3) is 5.82 Å². The molecule has 1 N–H and O–H groups in total. The summed E-state index contributed by atoms with van der Waals surface area (Å²) < 4.78 is 0. The van der Waals surface area contributed by atoms with E-state index in [9.17, 15) is 14.7 Å². The highest BCUT2D eigenvalue weighted by atomic mass is 16.4. The Morgan fingerprint density at radius 2 is 1.75 bits per heavy atom. The van der Waals surface area contributed by atoms with E-state index >= 15 is 0 Å². The van der Waals surface area contributed by atoms with Gasteiger partial charge in [0.05, 0.1) is 25.2 Å². The molecule has 1 saturated heterocycles. The van der Waals surface area contributed by atoms with Crippen molar-refractivity contribution in [2.45, 2.75) is 6.42 Å². The molecule has 2 aliphatic carbocycles. The summed E-state index contributed by atoms with van der Waals surface area (Å²) in [7, 11) is 0. The van der Waals surface area contributed by atoms with Gasteiger partial charge in [0.15, 0.2) is 0 Å². The minimum Gasteiger partial charge on any atom is -0.550 e. The Bertz CT molecular complexity index is 667. The number of aliphatic carboxylic acids is 1. The van der Waals surface area contributed by atoms with E-state index in [0.29, 0.717) is 13.1 Å². The number of nitrogens with zero attached hydrogens (tertiary/aromatic N) is 2. The first-order chi connectivity index (χ1) is 11.6. The quantitative estimate of drug-likeness (QED) is 0.691. The Morgan fingerprint density at radius 3 is 2.38 bits per heavy atom. The summed E-state index contributed by atoms with van der Waals surface area (Å²) in [6.07, 6.45) is 6.62. The average molecular weight is 327 g/mol. The van der Waals surface area contributed by atoms with E-state index in [1.54, 1.807) is 0 Å². The maximum Gasteiger partial charge on any atom is 0.274 e. The molecule has 0 unspecified atom stereocenters. The Hall–Kier alpha value is -2.37. The number of allylic oxidation sites excluding steroid dienone is 2. The number of hydrogen-bond acceptors (Lipinski definition) is 4. The topological polar surface area (TPSA) is 77.8 Å². The Kier molecular flexibility index (Phi) is 3.75. The summed E-state index contributed by atoms with van der Waals surface area (Å²) in [6, 6.07) is 5.94. The Morgan fingerprint density at radius 1 is 1.04 bits per heavy atom. The van der Waals surface area contributed by atoms with Gasteiger partial charge >= 0.3 is 0 Å². The molecule has 3 aliphatic rings.